The van der Waals surface area contributed by atoms with E-state index < -0.39 is 0 Å². The van der Waals surface area contributed by atoms with Gasteiger partial charge in [0.25, 0.3) is 5.91 Å². The number of halogens is 1. The summed E-state index contributed by atoms with van der Waals surface area (Å²) in [6, 6.07) is 16.4. The van der Waals surface area contributed by atoms with Gasteiger partial charge in [0.05, 0.1) is 11.6 Å². The summed E-state index contributed by atoms with van der Waals surface area (Å²) in [7, 11) is 0. The summed E-state index contributed by atoms with van der Waals surface area (Å²) < 4.78 is 5.49. The number of nitrogens with zero attached hydrogens (tertiary/aromatic N) is 1. The summed E-state index contributed by atoms with van der Waals surface area (Å²) in [5.41, 5.74) is 1.47. The van der Waals surface area contributed by atoms with Gasteiger partial charge in [0, 0.05) is 5.02 Å². The van der Waals surface area contributed by atoms with Crippen LogP contribution in [0.15, 0.2) is 48.5 Å². The van der Waals surface area contributed by atoms with Crippen molar-refractivity contribution in [2.75, 3.05) is 6.61 Å². The van der Waals surface area contributed by atoms with E-state index in [0.717, 1.165) is 18.4 Å². The van der Waals surface area contributed by atoms with Crippen LogP contribution >= 0.6 is 11.6 Å². The number of nitrogens with one attached hydrogen (secondary N) is 1. The summed E-state index contributed by atoms with van der Waals surface area (Å²) >= 11 is 5.93. The summed E-state index contributed by atoms with van der Waals surface area (Å²) in [6.45, 7) is -0.116. The van der Waals surface area contributed by atoms with Gasteiger partial charge < -0.3 is 10.1 Å². The molecule has 3 rings (SSSR count). The molecule has 1 amide bonds. The van der Waals surface area contributed by atoms with Crippen LogP contribution in [0.1, 0.15) is 30.0 Å². The Bertz CT molecular complexity index is 764. The molecule has 24 heavy (non-hydrogen) atoms. The molecule has 1 aliphatic carbocycles. The van der Waals surface area contributed by atoms with Gasteiger partial charge in [-0.1, -0.05) is 35.9 Å². The van der Waals surface area contributed by atoms with Crippen molar-refractivity contribution in [3.8, 4) is 11.8 Å². The van der Waals surface area contributed by atoms with Crippen molar-refractivity contribution in [2.45, 2.75) is 18.9 Å². The van der Waals surface area contributed by atoms with Crippen LogP contribution in [0.2, 0.25) is 5.02 Å². The molecule has 1 N–H and O–H groups in total. The van der Waals surface area contributed by atoms with Crippen LogP contribution in [-0.4, -0.2) is 12.5 Å². The first kappa shape index (κ1) is 16.4. The average Bonchev–Trinajstić information content (AvgIpc) is 3.44. The monoisotopic (exact) mass is 340 g/mol. The summed E-state index contributed by atoms with van der Waals surface area (Å²) in [5.74, 6) is 0.681. The van der Waals surface area contributed by atoms with Crippen molar-refractivity contribution in [1.29, 1.82) is 5.26 Å². The van der Waals surface area contributed by atoms with Crippen molar-refractivity contribution in [3.63, 3.8) is 0 Å². The first-order chi connectivity index (χ1) is 11.7. The second-order valence-electron chi connectivity index (χ2n) is 5.83. The number of para-hydroxylation sites is 1. The van der Waals surface area contributed by atoms with Crippen LogP contribution in [0, 0.1) is 17.2 Å². The molecular formula is C19H17ClN2O2. The highest BCUT2D eigenvalue weighted by Gasteiger charge is 2.33. The van der Waals surface area contributed by atoms with Crippen LogP contribution < -0.4 is 10.1 Å². The molecule has 0 aromatic heterocycles. The van der Waals surface area contributed by atoms with Gasteiger partial charge in [-0.15, -0.1) is 0 Å². The van der Waals surface area contributed by atoms with Crippen molar-refractivity contribution in [3.05, 3.63) is 64.7 Å². The highest BCUT2D eigenvalue weighted by Crippen LogP contribution is 2.41. The van der Waals surface area contributed by atoms with E-state index in [0.29, 0.717) is 22.3 Å². The van der Waals surface area contributed by atoms with Crippen molar-refractivity contribution in [1.82, 2.24) is 5.32 Å². The molecule has 0 spiro atoms. The Hall–Kier alpha value is -2.51. The number of benzene rings is 2. The van der Waals surface area contributed by atoms with E-state index in [1.807, 2.05) is 24.3 Å². The maximum absolute atomic E-state index is 12.3. The van der Waals surface area contributed by atoms with E-state index >= 15 is 0 Å². The van der Waals surface area contributed by atoms with Gasteiger partial charge in [-0.25, -0.2) is 0 Å². The molecule has 2 aromatic rings. The lowest BCUT2D eigenvalue weighted by Gasteiger charge is -2.19. The zero-order valence-corrected chi connectivity index (χ0v) is 13.8. The van der Waals surface area contributed by atoms with Crippen LogP contribution in [0.5, 0.6) is 5.75 Å². The van der Waals surface area contributed by atoms with Crippen LogP contribution in [0.25, 0.3) is 0 Å². The molecule has 5 heteroatoms. The smallest absolute Gasteiger partial charge is 0.258 e. The van der Waals surface area contributed by atoms with E-state index in [9.17, 15) is 4.79 Å². The molecule has 1 unspecified atom stereocenters. The second kappa shape index (κ2) is 7.37. The third-order valence-corrected chi connectivity index (χ3v) is 4.26. The quantitative estimate of drug-likeness (QED) is 0.868. The van der Waals surface area contributed by atoms with Crippen LogP contribution in [0.3, 0.4) is 0 Å². The van der Waals surface area contributed by atoms with E-state index in [1.54, 1.807) is 24.3 Å². The molecule has 0 bridgehead atoms. The largest absolute Gasteiger partial charge is 0.482 e. The van der Waals surface area contributed by atoms with Gasteiger partial charge in [-0.05, 0) is 48.6 Å². The van der Waals surface area contributed by atoms with Crippen LogP contribution in [-0.2, 0) is 4.79 Å². The Morgan fingerprint density at radius 1 is 1.25 bits per heavy atom. The number of nitriles is 1. The molecule has 1 fully saturated rings. The minimum absolute atomic E-state index is 0.0235. The molecule has 1 atom stereocenters. The number of hydrogen-bond donors (Lipinski definition) is 1. The lowest BCUT2D eigenvalue weighted by Crippen LogP contribution is -2.33. The molecule has 0 heterocycles. The Labute approximate surface area is 146 Å². The molecular weight excluding hydrogens is 324 g/mol. The average molecular weight is 341 g/mol. The highest BCUT2D eigenvalue weighted by atomic mass is 35.5. The zero-order valence-electron chi connectivity index (χ0n) is 13.0. The van der Waals surface area contributed by atoms with E-state index in [1.165, 1.54) is 0 Å². The highest BCUT2D eigenvalue weighted by molar-refractivity contribution is 6.30. The number of carbonyl (C=O) groups excluding carboxylic acids is 1. The normalized spacial score (nSPS) is 14.5. The molecule has 0 aliphatic heterocycles. The first-order valence-electron chi connectivity index (χ1n) is 7.84. The van der Waals surface area contributed by atoms with Crippen molar-refractivity contribution >= 4 is 17.5 Å². The van der Waals surface area contributed by atoms with E-state index in [4.69, 9.17) is 21.6 Å². The van der Waals surface area contributed by atoms with E-state index in [2.05, 4.69) is 11.4 Å². The Morgan fingerprint density at radius 3 is 2.62 bits per heavy atom. The van der Waals surface area contributed by atoms with Crippen molar-refractivity contribution < 1.29 is 9.53 Å². The van der Waals surface area contributed by atoms with Gasteiger partial charge >= 0.3 is 0 Å². The summed E-state index contributed by atoms with van der Waals surface area (Å²) in [6.07, 6.45) is 2.21. The SMILES string of the molecule is N#Cc1ccccc1OCC(=O)NC(c1ccc(Cl)cc1)C1CC1. The van der Waals surface area contributed by atoms with Gasteiger partial charge in [-0.3, -0.25) is 4.79 Å². The standard InChI is InChI=1S/C19H17ClN2O2/c20-16-9-7-14(8-10-16)19(13-5-6-13)22-18(23)12-24-17-4-2-1-3-15(17)11-21/h1-4,7-10,13,19H,5-6,12H2,(H,22,23). The molecule has 122 valence electrons. The second-order valence-corrected chi connectivity index (χ2v) is 6.27. The Kier molecular flexibility index (Phi) is 5.02. The van der Waals surface area contributed by atoms with E-state index in [-0.39, 0.29) is 18.6 Å². The predicted octanol–water partition coefficient (Wildman–Crippen LogP) is 3.86. The van der Waals surface area contributed by atoms with Gasteiger partial charge in [-0.2, -0.15) is 5.26 Å². The number of carbonyl (C=O) groups is 1. The summed E-state index contributed by atoms with van der Waals surface area (Å²) in [4.78, 5) is 12.3. The Morgan fingerprint density at radius 2 is 1.96 bits per heavy atom. The molecule has 0 radical (unpaired) electrons. The predicted molar refractivity (Wildman–Crippen MR) is 91.7 cm³/mol. The fraction of sp³-hybridized carbons (Fsp3) is 0.263. The fourth-order valence-electron chi connectivity index (χ4n) is 2.62. The van der Waals surface area contributed by atoms with Crippen LogP contribution in [0.4, 0.5) is 0 Å². The molecule has 2 aromatic carbocycles. The lowest BCUT2D eigenvalue weighted by molar-refractivity contribution is -0.124. The number of rotatable bonds is 6. The lowest BCUT2D eigenvalue weighted by atomic mass is 10.0. The fourth-order valence-corrected chi connectivity index (χ4v) is 2.74. The van der Waals surface area contributed by atoms with Gasteiger partial charge in [0.2, 0.25) is 0 Å². The number of ether oxygens (including phenoxy) is 1. The molecule has 0 saturated heterocycles. The minimum Gasteiger partial charge on any atom is -0.482 e. The third kappa shape index (κ3) is 4.06. The molecule has 1 aliphatic rings. The maximum atomic E-state index is 12.3. The number of hydrogen-bond acceptors (Lipinski definition) is 3. The first-order valence-corrected chi connectivity index (χ1v) is 8.22. The van der Waals surface area contributed by atoms with Crippen molar-refractivity contribution in [2.24, 2.45) is 5.92 Å². The zero-order chi connectivity index (χ0) is 16.9. The minimum atomic E-state index is -0.199. The molecule has 4 nitrogen and oxygen atoms in total. The van der Waals surface area contributed by atoms with Gasteiger partial charge in [0.15, 0.2) is 6.61 Å². The van der Waals surface area contributed by atoms with Gasteiger partial charge in [0.1, 0.15) is 11.8 Å². The third-order valence-electron chi connectivity index (χ3n) is 4.01. The topological polar surface area (TPSA) is 62.1 Å². The number of amides is 1. The summed E-state index contributed by atoms with van der Waals surface area (Å²) in [5, 5.41) is 12.7. The molecule has 1 saturated carbocycles. The maximum Gasteiger partial charge on any atom is 0.258 e. The Balaban J connectivity index is 1.62.